The number of benzene rings is 2. The lowest BCUT2D eigenvalue weighted by Crippen LogP contribution is -3.00. The highest BCUT2D eigenvalue weighted by Gasteiger charge is 2.07. The molecule has 0 atom stereocenters. The second-order valence-electron chi connectivity index (χ2n) is 5.52. The van der Waals surface area contributed by atoms with Crippen LogP contribution in [-0.4, -0.2) is 4.98 Å². The van der Waals surface area contributed by atoms with E-state index < -0.39 is 0 Å². The Morgan fingerprint density at radius 3 is 2.39 bits per heavy atom. The lowest BCUT2D eigenvalue weighted by molar-refractivity contribution is -0.644. The molecule has 0 fully saturated rings. The quantitative estimate of drug-likeness (QED) is 0.379. The molecule has 0 aliphatic heterocycles. The number of pyridine rings is 1. The van der Waals surface area contributed by atoms with E-state index in [0.29, 0.717) is 0 Å². The van der Waals surface area contributed by atoms with Crippen molar-refractivity contribution >= 4 is 34.0 Å². The first-order valence-corrected chi connectivity index (χ1v) is 7.44. The van der Waals surface area contributed by atoms with Crippen molar-refractivity contribution in [2.45, 2.75) is 0 Å². The van der Waals surface area contributed by atoms with Crippen LogP contribution in [0.5, 0.6) is 0 Å². The van der Waals surface area contributed by atoms with Crippen molar-refractivity contribution in [3.8, 4) is 0 Å². The zero-order valence-corrected chi connectivity index (χ0v) is 15.0. The normalized spacial score (nSPS) is 11.2. The lowest BCUT2D eigenvalue weighted by atomic mass is 10.1. The monoisotopic (exact) mass is 412 g/mol. The van der Waals surface area contributed by atoms with Gasteiger partial charge in [0, 0.05) is 29.2 Å². The largest absolute Gasteiger partial charge is 1.00 e. The number of para-hydroxylation sites is 2. The Morgan fingerprint density at radius 1 is 0.826 bits per heavy atom. The average molecular weight is 412 g/mol. The summed E-state index contributed by atoms with van der Waals surface area (Å²) in [5, 5.41) is 2.52. The molecule has 2 nitrogen and oxygen atoms in total. The van der Waals surface area contributed by atoms with Gasteiger partial charge in [-0.25, -0.2) is 4.57 Å². The van der Waals surface area contributed by atoms with Crippen LogP contribution >= 0.6 is 0 Å². The van der Waals surface area contributed by atoms with Gasteiger partial charge in [-0.05, 0) is 23.3 Å². The van der Waals surface area contributed by atoms with E-state index in [2.05, 4.69) is 95.7 Å². The predicted molar refractivity (Wildman–Crippen MR) is 92.4 cm³/mol. The average Bonchev–Trinajstić information content (AvgIpc) is 2.98. The summed E-state index contributed by atoms with van der Waals surface area (Å²) in [5.74, 6) is 0. The molecule has 0 bridgehead atoms. The highest BCUT2D eigenvalue weighted by molar-refractivity contribution is 5.94. The molecule has 2 aromatic carbocycles. The van der Waals surface area contributed by atoms with E-state index in [1.165, 1.54) is 32.9 Å². The van der Waals surface area contributed by atoms with Gasteiger partial charge in [-0.2, -0.15) is 0 Å². The minimum atomic E-state index is 0. The minimum absolute atomic E-state index is 0. The van der Waals surface area contributed by atoms with Crippen LogP contribution in [0.3, 0.4) is 0 Å². The Hall–Kier alpha value is -2.14. The van der Waals surface area contributed by atoms with Gasteiger partial charge in [0.1, 0.15) is 7.05 Å². The Morgan fingerprint density at radius 2 is 1.52 bits per heavy atom. The van der Waals surface area contributed by atoms with Crippen molar-refractivity contribution in [2.24, 2.45) is 7.05 Å². The number of H-pyrrole nitrogens is 1. The van der Waals surface area contributed by atoms with Crippen molar-refractivity contribution in [2.75, 3.05) is 0 Å². The van der Waals surface area contributed by atoms with Crippen LogP contribution in [0.2, 0.25) is 0 Å². The fourth-order valence-corrected chi connectivity index (χ4v) is 2.94. The maximum absolute atomic E-state index is 3.32. The van der Waals surface area contributed by atoms with Gasteiger partial charge in [0.2, 0.25) is 5.52 Å². The molecule has 2 aromatic heterocycles. The first-order valence-electron chi connectivity index (χ1n) is 7.44. The third-order valence-electron chi connectivity index (χ3n) is 4.14. The maximum atomic E-state index is 3.32. The van der Waals surface area contributed by atoms with E-state index in [1.54, 1.807) is 0 Å². The standard InChI is InChI=1S/C20H16N2.HI/c1-22-13-12-15(18-7-3-5-9-20(18)22)10-11-16-14-21-19-8-4-2-6-17(16)19;/h2-14H,1H3;1H. The van der Waals surface area contributed by atoms with E-state index in [9.17, 15) is 0 Å². The number of nitrogens with one attached hydrogen (secondary N) is 1. The zero-order valence-electron chi connectivity index (χ0n) is 12.8. The topological polar surface area (TPSA) is 19.7 Å². The Balaban J connectivity index is 0.00000156. The number of rotatable bonds is 2. The molecule has 0 radical (unpaired) electrons. The summed E-state index contributed by atoms with van der Waals surface area (Å²) in [7, 11) is 2.08. The van der Waals surface area contributed by atoms with Crippen LogP contribution in [0.4, 0.5) is 0 Å². The number of halogens is 1. The van der Waals surface area contributed by atoms with Crippen molar-refractivity contribution in [1.82, 2.24) is 4.98 Å². The molecular formula is C20H17IN2. The molecule has 4 rings (SSSR count). The summed E-state index contributed by atoms with van der Waals surface area (Å²) in [6.07, 6.45) is 8.54. The summed E-state index contributed by atoms with van der Waals surface area (Å²) in [6, 6.07) is 19.0. The zero-order chi connectivity index (χ0) is 14.9. The van der Waals surface area contributed by atoms with Crippen LogP contribution in [0.1, 0.15) is 11.1 Å². The third kappa shape index (κ3) is 2.88. The molecule has 0 aliphatic carbocycles. The highest BCUT2D eigenvalue weighted by Crippen LogP contribution is 2.22. The highest BCUT2D eigenvalue weighted by atomic mass is 127. The number of nitrogens with zero attached hydrogens (tertiary/aromatic N) is 1. The van der Waals surface area contributed by atoms with E-state index in [1.807, 2.05) is 0 Å². The minimum Gasteiger partial charge on any atom is -1.00 e. The first kappa shape index (κ1) is 15.7. The summed E-state index contributed by atoms with van der Waals surface area (Å²) in [5.41, 5.74) is 4.86. The van der Waals surface area contributed by atoms with Crippen molar-refractivity contribution in [3.05, 3.63) is 78.1 Å². The first-order chi connectivity index (χ1) is 10.8. The maximum Gasteiger partial charge on any atom is 0.212 e. The van der Waals surface area contributed by atoms with Gasteiger partial charge in [-0.1, -0.05) is 42.5 Å². The van der Waals surface area contributed by atoms with Crippen molar-refractivity contribution in [3.63, 3.8) is 0 Å². The summed E-state index contributed by atoms with van der Waals surface area (Å²) < 4.78 is 2.15. The number of hydrogen-bond donors (Lipinski definition) is 1. The molecule has 114 valence electrons. The van der Waals surface area contributed by atoms with Gasteiger partial charge < -0.3 is 29.0 Å². The molecule has 4 aromatic rings. The lowest BCUT2D eigenvalue weighted by Gasteiger charge is -2.00. The van der Waals surface area contributed by atoms with E-state index in [0.717, 1.165) is 0 Å². The van der Waals surface area contributed by atoms with Crippen LogP contribution < -0.4 is 28.5 Å². The Kier molecular flexibility index (Phi) is 4.48. The molecule has 23 heavy (non-hydrogen) atoms. The smallest absolute Gasteiger partial charge is 0.212 e. The van der Waals surface area contributed by atoms with Gasteiger partial charge in [0.05, 0.1) is 5.39 Å². The van der Waals surface area contributed by atoms with Gasteiger partial charge in [0.25, 0.3) is 0 Å². The Labute approximate surface area is 152 Å². The fourth-order valence-electron chi connectivity index (χ4n) is 2.94. The molecule has 2 heterocycles. The van der Waals surface area contributed by atoms with Crippen LogP contribution in [0, 0.1) is 0 Å². The third-order valence-corrected chi connectivity index (χ3v) is 4.14. The second-order valence-corrected chi connectivity index (χ2v) is 5.52. The molecule has 1 N–H and O–H groups in total. The summed E-state index contributed by atoms with van der Waals surface area (Å²) in [6.45, 7) is 0. The predicted octanol–water partition coefficient (Wildman–Crippen LogP) is 1.32. The molecule has 0 unspecified atom stereocenters. The van der Waals surface area contributed by atoms with Gasteiger partial charge in [0.15, 0.2) is 6.20 Å². The molecule has 0 amide bonds. The SMILES string of the molecule is C[n+]1ccc(/C=C/c2c[nH]c3ccccc23)c2ccccc21.[I-]. The number of aryl methyl sites for hydroxylation is 1. The van der Waals surface area contributed by atoms with Crippen LogP contribution in [-0.2, 0) is 7.05 Å². The van der Waals surface area contributed by atoms with Crippen molar-refractivity contribution < 1.29 is 28.5 Å². The van der Waals surface area contributed by atoms with E-state index >= 15 is 0 Å². The molecular weight excluding hydrogens is 395 g/mol. The number of aromatic nitrogens is 2. The van der Waals surface area contributed by atoms with E-state index in [4.69, 9.17) is 0 Å². The number of hydrogen-bond acceptors (Lipinski definition) is 0. The summed E-state index contributed by atoms with van der Waals surface area (Å²) in [4.78, 5) is 3.32. The molecule has 0 saturated carbocycles. The van der Waals surface area contributed by atoms with E-state index in [-0.39, 0.29) is 24.0 Å². The molecule has 0 saturated heterocycles. The van der Waals surface area contributed by atoms with Gasteiger partial charge >= 0.3 is 0 Å². The van der Waals surface area contributed by atoms with Crippen molar-refractivity contribution in [1.29, 1.82) is 0 Å². The second kappa shape index (κ2) is 6.54. The molecule has 0 spiro atoms. The number of fused-ring (bicyclic) bond motifs is 2. The summed E-state index contributed by atoms with van der Waals surface area (Å²) >= 11 is 0. The number of aromatic amines is 1. The van der Waals surface area contributed by atoms with Crippen LogP contribution in [0.25, 0.3) is 34.0 Å². The van der Waals surface area contributed by atoms with Gasteiger partial charge in [-0.15, -0.1) is 0 Å². The fraction of sp³-hybridized carbons (Fsp3) is 0.0500. The molecule has 0 aliphatic rings. The van der Waals surface area contributed by atoms with Gasteiger partial charge in [-0.3, -0.25) is 0 Å². The molecule has 3 heteroatoms. The Bertz CT molecular complexity index is 999. The van der Waals surface area contributed by atoms with Crippen LogP contribution in [0.15, 0.2) is 67.0 Å².